The zero-order chi connectivity index (χ0) is 12.3. The molecule has 2 fully saturated rings. The molecule has 0 aromatic carbocycles. The maximum absolute atomic E-state index is 11.9. The first-order valence-corrected chi connectivity index (χ1v) is 6.05. The molecule has 1 unspecified atom stereocenters. The van der Waals surface area contributed by atoms with Crippen LogP contribution in [0.1, 0.15) is 13.3 Å². The number of piperazine rings is 1. The summed E-state index contributed by atoms with van der Waals surface area (Å²) in [6, 6.07) is 0.108. The van der Waals surface area contributed by atoms with Crippen LogP contribution in [0.3, 0.4) is 0 Å². The maximum atomic E-state index is 11.9. The molecule has 0 aliphatic carbocycles. The summed E-state index contributed by atoms with van der Waals surface area (Å²) in [5, 5.41) is 2.95. The third-order valence-corrected chi connectivity index (χ3v) is 3.27. The van der Waals surface area contributed by atoms with Gasteiger partial charge in [-0.3, -0.25) is 4.79 Å². The molecule has 2 aliphatic heterocycles. The highest BCUT2D eigenvalue weighted by atomic mass is 16.5. The largest absolute Gasteiger partial charge is 0.379 e. The monoisotopic (exact) mass is 241 g/mol. The summed E-state index contributed by atoms with van der Waals surface area (Å²) in [6.07, 6.45) is 0.888. The molecule has 0 bridgehead atoms. The quantitative estimate of drug-likeness (QED) is 0.682. The number of nitrogens with one attached hydrogen (secondary N) is 1. The first-order chi connectivity index (χ1) is 8.16. The van der Waals surface area contributed by atoms with Crippen molar-refractivity contribution >= 4 is 11.9 Å². The predicted molar refractivity (Wildman–Crippen MR) is 61.6 cm³/mol. The van der Waals surface area contributed by atoms with Crippen LogP contribution in [-0.2, 0) is 9.53 Å². The number of carbonyl (C=O) groups is 2. The van der Waals surface area contributed by atoms with E-state index in [1.54, 1.807) is 16.7 Å². The normalized spacial score (nSPS) is 24.9. The Morgan fingerprint density at radius 1 is 1.18 bits per heavy atom. The van der Waals surface area contributed by atoms with Crippen LogP contribution in [0, 0.1) is 0 Å². The molecule has 96 valence electrons. The molecule has 0 aromatic rings. The molecule has 6 heteroatoms. The fraction of sp³-hybridized carbons (Fsp3) is 0.818. The van der Waals surface area contributed by atoms with E-state index in [0.29, 0.717) is 32.8 Å². The lowest BCUT2D eigenvalue weighted by Gasteiger charge is -2.34. The second-order valence-electron chi connectivity index (χ2n) is 4.50. The van der Waals surface area contributed by atoms with E-state index in [1.807, 2.05) is 0 Å². The Bertz CT molecular complexity index is 294. The van der Waals surface area contributed by atoms with Gasteiger partial charge in [-0.2, -0.15) is 0 Å². The number of nitrogens with zero attached hydrogens (tertiary/aromatic N) is 2. The fourth-order valence-corrected chi connectivity index (χ4v) is 2.14. The first-order valence-electron chi connectivity index (χ1n) is 6.05. The molecule has 2 heterocycles. The molecule has 17 heavy (non-hydrogen) atoms. The minimum atomic E-state index is -0.0382. The van der Waals surface area contributed by atoms with Crippen LogP contribution in [0.4, 0.5) is 4.79 Å². The molecule has 2 saturated heterocycles. The third-order valence-electron chi connectivity index (χ3n) is 3.27. The van der Waals surface area contributed by atoms with Gasteiger partial charge in [-0.05, 0) is 6.42 Å². The lowest BCUT2D eigenvalue weighted by molar-refractivity contribution is -0.130. The van der Waals surface area contributed by atoms with E-state index in [0.717, 1.165) is 13.0 Å². The van der Waals surface area contributed by atoms with E-state index >= 15 is 0 Å². The number of carbonyl (C=O) groups excluding carboxylic acids is 2. The van der Waals surface area contributed by atoms with Crippen molar-refractivity contribution in [2.75, 3.05) is 39.4 Å². The van der Waals surface area contributed by atoms with Crippen LogP contribution in [0.2, 0.25) is 0 Å². The molecule has 0 radical (unpaired) electrons. The molecule has 1 atom stereocenters. The third kappa shape index (κ3) is 3.09. The topological polar surface area (TPSA) is 61.9 Å². The summed E-state index contributed by atoms with van der Waals surface area (Å²) in [4.78, 5) is 26.6. The predicted octanol–water partition coefficient (Wildman–Crippen LogP) is -0.351. The molecule has 0 spiro atoms. The average Bonchev–Trinajstić information content (AvgIpc) is 2.82. The van der Waals surface area contributed by atoms with Crippen molar-refractivity contribution in [3.8, 4) is 0 Å². The van der Waals surface area contributed by atoms with Gasteiger partial charge in [-0.25, -0.2) is 4.79 Å². The van der Waals surface area contributed by atoms with E-state index < -0.39 is 0 Å². The molecule has 0 saturated carbocycles. The van der Waals surface area contributed by atoms with Crippen molar-refractivity contribution in [3.05, 3.63) is 0 Å². The number of hydrogen-bond acceptors (Lipinski definition) is 3. The highest BCUT2D eigenvalue weighted by Gasteiger charge is 2.25. The Morgan fingerprint density at radius 3 is 2.35 bits per heavy atom. The smallest absolute Gasteiger partial charge is 0.317 e. The molecule has 2 rings (SSSR count). The number of urea groups is 1. The second-order valence-corrected chi connectivity index (χ2v) is 4.50. The van der Waals surface area contributed by atoms with Gasteiger partial charge in [0.2, 0.25) is 5.91 Å². The summed E-state index contributed by atoms with van der Waals surface area (Å²) < 4.78 is 5.21. The van der Waals surface area contributed by atoms with E-state index in [4.69, 9.17) is 4.74 Å². The lowest BCUT2D eigenvalue weighted by Crippen LogP contribution is -2.54. The summed E-state index contributed by atoms with van der Waals surface area (Å²) >= 11 is 0. The summed E-state index contributed by atoms with van der Waals surface area (Å²) in [5.41, 5.74) is 0. The Hall–Kier alpha value is -1.30. The van der Waals surface area contributed by atoms with E-state index in [1.165, 1.54) is 0 Å². The van der Waals surface area contributed by atoms with Crippen molar-refractivity contribution in [2.45, 2.75) is 19.4 Å². The van der Waals surface area contributed by atoms with Gasteiger partial charge in [0.15, 0.2) is 0 Å². The molecular weight excluding hydrogens is 222 g/mol. The number of amides is 3. The molecule has 3 amide bonds. The molecule has 2 aliphatic rings. The number of ether oxygens (including phenoxy) is 1. The van der Waals surface area contributed by atoms with Crippen LogP contribution < -0.4 is 5.32 Å². The van der Waals surface area contributed by atoms with Gasteiger partial charge >= 0.3 is 6.03 Å². The van der Waals surface area contributed by atoms with Crippen molar-refractivity contribution < 1.29 is 14.3 Å². The SMILES string of the molecule is CC(=O)N1CCN(C(=O)NC2CCOC2)CC1. The highest BCUT2D eigenvalue weighted by Crippen LogP contribution is 2.06. The first kappa shape index (κ1) is 12.2. The van der Waals surface area contributed by atoms with Gasteiger partial charge in [-0.15, -0.1) is 0 Å². The second kappa shape index (κ2) is 5.35. The van der Waals surface area contributed by atoms with Gasteiger partial charge in [0, 0.05) is 39.7 Å². The Morgan fingerprint density at radius 2 is 1.82 bits per heavy atom. The van der Waals surface area contributed by atoms with Crippen LogP contribution >= 0.6 is 0 Å². The minimum Gasteiger partial charge on any atom is -0.379 e. The highest BCUT2D eigenvalue weighted by molar-refractivity contribution is 5.76. The summed E-state index contributed by atoms with van der Waals surface area (Å²) in [7, 11) is 0. The van der Waals surface area contributed by atoms with Gasteiger partial charge < -0.3 is 19.9 Å². The molecular formula is C11H19N3O3. The van der Waals surface area contributed by atoms with Gasteiger partial charge in [0.25, 0.3) is 0 Å². The Labute approximate surface area is 101 Å². The number of hydrogen-bond donors (Lipinski definition) is 1. The van der Waals surface area contributed by atoms with Crippen LogP contribution in [0.5, 0.6) is 0 Å². The van der Waals surface area contributed by atoms with Crippen molar-refractivity contribution in [1.82, 2.24) is 15.1 Å². The zero-order valence-corrected chi connectivity index (χ0v) is 10.1. The lowest BCUT2D eigenvalue weighted by atomic mass is 10.2. The van der Waals surface area contributed by atoms with Crippen LogP contribution in [-0.4, -0.2) is 67.2 Å². The van der Waals surface area contributed by atoms with Crippen LogP contribution in [0.15, 0.2) is 0 Å². The Balaban J connectivity index is 1.75. The van der Waals surface area contributed by atoms with E-state index in [-0.39, 0.29) is 18.0 Å². The fourth-order valence-electron chi connectivity index (χ4n) is 2.14. The van der Waals surface area contributed by atoms with E-state index in [9.17, 15) is 9.59 Å². The van der Waals surface area contributed by atoms with E-state index in [2.05, 4.69) is 5.32 Å². The van der Waals surface area contributed by atoms with Gasteiger partial charge in [0.05, 0.1) is 12.6 Å². The zero-order valence-electron chi connectivity index (χ0n) is 10.1. The average molecular weight is 241 g/mol. The van der Waals surface area contributed by atoms with Crippen molar-refractivity contribution in [2.24, 2.45) is 0 Å². The number of rotatable bonds is 1. The maximum Gasteiger partial charge on any atom is 0.317 e. The van der Waals surface area contributed by atoms with Crippen molar-refractivity contribution in [1.29, 1.82) is 0 Å². The summed E-state index contributed by atoms with van der Waals surface area (Å²) in [5.74, 6) is 0.0780. The Kier molecular flexibility index (Phi) is 3.83. The molecule has 6 nitrogen and oxygen atoms in total. The van der Waals surface area contributed by atoms with Crippen molar-refractivity contribution in [3.63, 3.8) is 0 Å². The molecule has 1 N–H and O–H groups in total. The van der Waals surface area contributed by atoms with Gasteiger partial charge in [-0.1, -0.05) is 0 Å². The summed E-state index contributed by atoms with van der Waals surface area (Å²) in [6.45, 7) is 5.37. The standard InChI is InChI=1S/C11H19N3O3/c1-9(15)13-3-5-14(6-4-13)11(16)12-10-2-7-17-8-10/h10H,2-8H2,1H3,(H,12,16). The van der Waals surface area contributed by atoms with Gasteiger partial charge in [0.1, 0.15) is 0 Å². The molecule has 0 aromatic heterocycles. The van der Waals surface area contributed by atoms with Crippen LogP contribution in [0.25, 0.3) is 0 Å². The minimum absolute atomic E-state index is 0.0382.